The van der Waals surface area contributed by atoms with Gasteiger partial charge >= 0.3 is 12.1 Å². The van der Waals surface area contributed by atoms with E-state index in [1.807, 2.05) is 6.92 Å². The molecule has 0 heterocycles. The van der Waals surface area contributed by atoms with Crippen molar-refractivity contribution in [3.63, 3.8) is 0 Å². The predicted octanol–water partition coefficient (Wildman–Crippen LogP) is 3.55. The molecule has 0 fully saturated rings. The first-order valence-corrected chi connectivity index (χ1v) is 5.34. The van der Waals surface area contributed by atoms with E-state index in [4.69, 9.17) is 0 Å². The lowest BCUT2D eigenvalue weighted by atomic mass is 9.80. The summed E-state index contributed by atoms with van der Waals surface area (Å²) in [6.07, 6.45) is -3.19. The Balaban J connectivity index is 4.61. The molecule has 0 rings (SSSR count). The highest BCUT2D eigenvalue weighted by Crippen LogP contribution is 2.40. The number of alkyl halides is 3. The predicted molar refractivity (Wildman–Crippen MR) is 54.9 cm³/mol. The van der Waals surface area contributed by atoms with Crippen molar-refractivity contribution in [2.75, 3.05) is 6.61 Å². The normalized spacial score (nSPS) is 14.7. The van der Waals surface area contributed by atoms with Gasteiger partial charge in [-0.25, -0.2) is 0 Å². The summed E-state index contributed by atoms with van der Waals surface area (Å²) >= 11 is 0. The third-order valence-corrected chi connectivity index (χ3v) is 2.17. The van der Waals surface area contributed by atoms with Crippen molar-refractivity contribution >= 4 is 5.97 Å². The molecule has 1 atom stereocenters. The summed E-state index contributed by atoms with van der Waals surface area (Å²) in [5.74, 6) is -3.23. The minimum Gasteiger partial charge on any atom is -0.465 e. The van der Waals surface area contributed by atoms with Gasteiger partial charge in [0.15, 0.2) is 5.92 Å². The van der Waals surface area contributed by atoms with Crippen LogP contribution in [0.2, 0.25) is 0 Å². The molecular weight excluding hydrogens is 221 g/mol. The summed E-state index contributed by atoms with van der Waals surface area (Å²) in [5.41, 5.74) is -1.18. The number of unbranched alkanes of at least 4 members (excludes halogenated alkanes) is 1. The Morgan fingerprint density at radius 2 is 1.75 bits per heavy atom. The Labute approximate surface area is 94.2 Å². The van der Waals surface area contributed by atoms with Crippen LogP contribution in [-0.4, -0.2) is 18.8 Å². The van der Waals surface area contributed by atoms with Gasteiger partial charge in [0.2, 0.25) is 0 Å². The topological polar surface area (TPSA) is 26.3 Å². The molecule has 0 aromatic heterocycles. The summed E-state index contributed by atoms with van der Waals surface area (Å²) in [4.78, 5) is 11.4. The summed E-state index contributed by atoms with van der Waals surface area (Å²) in [5, 5.41) is 0. The Hall–Kier alpha value is -0.740. The van der Waals surface area contributed by atoms with Crippen LogP contribution in [0, 0.1) is 11.3 Å². The monoisotopic (exact) mass is 240 g/mol. The van der Waals surface area contributed by atoms with E-state index in [1.165, 1.54) is 20.8 Å². The summed E-state index contributed by atoms with van der Waals surface area (Å²) in [6.45, 7) is 6.07. The van der Waals surface area contributed by atoms with Gasteiger partial charge < -0.3 is 4.74 Å². The van der Waals surface area contributed by atoms with Crippen LogP contribution in [0.4, 0.5) is 13.2 Å². The first kappa shape index (κ1) is 15.3. The molecule has 0 N–H and O–H groups in total. The van der Waals surface area contributed by atoms with Gasteiger partial charge in [0.1, 0.15) is 0 Å². The Morgan fingerprint density at radius 3 is 2.06 bits per heavy atom. The average Bonchev–Trinajstić information content (AvgIpc) is 1.98. The highest BCUT2D eigenvalue weighted by atomic mass is 19.4. The number of carbonyl (C=O) groups is 1. The molecule has 16 heavy (non-hydrogen) atoms. The second-order valence-corrected chi connectivity index (χ2v) is 4.86. The standard InChI is InChI=1S/C11H19F3O2/c1-5-6-7-16-9(15)8(10(2,3)4)11(12,13)14/h8H,5-7H2,1-4H3. The minimum absolute atomic E-state index is 0.0536. The number of rotatable bonds is 4. The molecule has 0 saturated heterocycles. The van der Waals surface area contributed by atoms with E-state index in [1.54, 1.807) is 0 Å². The molecule has 0 amide bonds. The number of carbonyl (C=O) groups excluding carboxylic acids is 1. The van der Waals surface area contributed by atoms with Crippen LogP contribution in [-0.2, 0) is 9.53 Å². The van der Waals surface area contributed by atoms with Gasteiger partial charge in [-0.1, -0.05) is 34.1 Å². The number of hydrogen-bond donors (Lipinski definition) is 0. The zero-order valence-electron chi connectivity index (χ0n) is 10.1. The van der Waals surface area contributed by atoms with Crippen molar-refractivity contribution in [3.05, 3.63) is 0 Å². The third kappa shape index (κ3) is 4.86. The Morgan fingerprint density at radius 1 is 1.25 bits per heavy atom. The zero-order valence-corrected chi connectivity index (χ0v) is 10.1. The van der Waals surface area contributed by atoms with E-state index in [0.29, 0.717) is 6.42 Å². The van der Waals surface area contributed by atoms with Crippen molar-refractivity contribution in [3.8, 4) is 0 Å². The maximum Gasteiger partial charge on any atom is 0.402 e. The summed E-state index contributed by atoms with van der Waals surface area (Å²) in [6, 6.07) is 0. The van der Waals surface area contributed by atoms with Crippen molar-refractivity contribution in [1.29, 1.82) is 0 Å². The van der Waals surface area contributed by atoms with E-state index >= 15 is 0 Å². The molecule has 2 nitrogen and oxygen atoms in total. The quantitative estimate of drug-likeness (QED) is 0.555. The van der Waals surface area contributed by atoms with Gasteiger partial charge in [0, 0.05) is 0 Å². The molecule has 0 aliphatic heterocycles. The van der Waals surface area contributed by atoms with Gasteiger partial charge in [-0.15, -0.1) is 0 Å². The molecule has 96 valence electrons. The van der Waals surface area contributed by atoms with Gasteiger partial charge in [-0.05, 0) is 11.8 Å². The summed E-state index contributed by atoms with van der Waals surface area (Å²) in [7, 11) is 0. The van der Waals surface area contributed by atoms with E-state index < -0.39 is 23.5 Å². The fourth-order valence-electron chi connectivity index (χ4n) is 1.38. The Kier molecular flexibility index (Phi) is 5.29. The van der Waals surface area contributed by atoms with Gasteiger partial charge in [-0.3, -0.25) is 4.79 Å². The van der Waals surface area contributed by atoms with Crippen molar-refractivity contribution in [2.24, 2.45) is 11.3 Å². The fraction of sp³-hybridized carbons (Fsp3) is 0.909. The van der Waals surface area contributed by atoms with Crippen molar-refractivity contribution in [2.45, 2.75) is 46.7 Å². The largest absolute Gasteiger partial charge is 0.465 e. The lowest BCUT2D eigenvalue weighted by Crippen LogP contribution is -2.41. The van der Waals surface area contributed by atoms with Crippen LogP contribution in [0.25, 0.3) is 0 Å². The van der Waals surface area contributed by atoms with Gasteiger partial charge in [-0.2, -0.15) is 13.2 Å². The minimum atomic E-state index is -4.55. The molecule has 0 bridgehead atoms. The van der Waals surface area contributed by atoms with Crippen LogP contribution in [0.1, 0.15) is 40.5 Å². The number of halogens is 3. The second-order valence-electron chi connectivity index (χ2n) is 4.86. The Bertz CT molecular complexity index is 214. The highest BCUT2D eigenvalue weighted by Gasteiger charge is 2.52. The molecule has 0 aliphatic rings. The highest BCUT2D eigenvalue weighted by molar-refractivity contribution is 5.74. The molecule has 0 aliphatic carbocycles. The van der Waals surface area contributed by atoms with Gasteiger partial charge in [0.05, 0.1) is 6.61 Å². The molecule has 0 aromatic carbocycles. The van der Waals surface area contributed by atoms with E-state index in [-0.39, 0.29) is 6.61 Å². The molecule has 0 aromatic rings. The number of ether oxygens (including phenoxy) is 1. The van der Waals surface area contributed by atoms with Crippen LogP contribution >= 0.6 is 0 Å². The second kappa shape index (κ2) is 5.55. The first-order chi connectivity index (χ1) is 7.10. The molecule has 0 saturated carbocycles. The number of esters is 1. The number of hydrogen-bond acceptors (Lipinski definition) is 2. The maximum absolute atomic E-state index is 12.7. The zero-order chi connectivity index (χ0) is 13.0. The first-order valence-electron chi connectivity index (χ1n) is 5.34. The fourth-order valence-corrected chi connectivity index (χ4v) is 1.38. The molecule has 0 radical (unpaired) electrons. The summed E-state index contributed by atoms with van der Waals surface area (Å²) < 4.78 is 42.7. The molecule has 0 spiro atoms. The van der Waals surface area contributed by atoms with Crippen LogP contribution < -0.4 is 0 Å². The van der Waals surface area contributed by atoms with E-state index in [0.717, 1.165) is 6.42 Å². The molecule has 1 unspecified atom stereocenters. The van der Waals surface area contributed by atoms with Crippen molar-refractivity contribution in [1.82, 2.24) is 0 Å². The van der Waals surface area contributed by atoms with Crippen LogP contribution in [0.5, 0.6) is 0 Å². The maximum atomic E-state index is 12.7. The lowest BCUT2D eigenvalue weighted by molar-refractivity contribution is -0.215. The van der Waals surface area contributed by atoms with Crippen molar-refractivity contribution < 1.29 is 22.7 Å². The molecule has 5 heteroatoms. The van der Waals surface area contributed by atoms with E-state index in [9.17, 15) is 18.0 Å². The SMILES string of the molecule is CCCCOC(=O)C(C(C)(C)C)C(F)(F)F. The average molecular weight is 240 g/mol. The van der Waals surface area contributed by atoms with E-state index in [2.05, 4.69) is 4.74 Å². The van der Waals surface area contributed by atoms with Crippen LogP contribution in [0.15, 0.2) is 0 Å². The lowest BCUT2D eigenvalue weighted by Gasteiger charge is -2.30. The third-order valence-electron chi connectivity index (χ3n) is 2.17. The smallest absolute Gasteiger partial charge is 0.402 e. The van der Waals surface area contributed by atoms with Gasteiger partial charge in [0.25, 0.3) is 0 Å². The molecular formula is C11H19F3O2. The van der Waals surface area contributed by atoms with Crippen LogP contribution in [0.3, 0.4) is 0 Å².